The molecular formula is C8H19Cl3Si. The molecule has 0 heterocycles. The van der Waals surface area contributed by atoms with Crippen molar-refractivity contribution in [2.45, 2.75) is 26.1 Å². The van der Waals surface area contributed by atoms with Gasteiger partial charge in [-0.25, -0.2) is 0 Å². The standard InChI is InChI=1S/C5H6.C3H10Si.3ClH/c1-2-4-5-3-1;1-4(2)3;;;/h1-4H,5H2;4H,1-3H3;3*1H. The lowest BCUT2D eigenvalue weighted by Crippen LogP contribution is -1.84. The topological polar surface area (TPSA) is 0 Å². The number of rotatable bonds is 0. The molecular weight excluding hydrogens is 231 g/mol. The molecule has 4 heteroatoms. The zero-order valence-electron chi connectivity index (χ0n) is 7.82. The molecule has 0 nitrogen and oxygen atoms in total. The normalized spacial score (nSPS) is 10.3. The smallest absolute Gasteiger partial charge is 0.0274 e. The molecule has 0 aromatic rings. The summed E-state index contributed by atoms with van der Waals surface area (Å²) in [6.07, 6.45) is 9.50. The van der Waals surface area contributed by atoms with E-state index < -0.39 is 0 Å². The van der Waals surface area contributed by atoms with E-state index in [-0.39, 0.29) is 46.0 Å². The van der Waals surface area contributed by atoms with E-state index in [0.29, 0.717) is 0 Å². The van der Waals surface area contributed by atoms with Crippen LogP contribution in [0.4, 0.5) is 0 Å². The molecule has 1 aliphatic carbocycles. The summed E-state index contributed by atoms with van der Waals surface area (Å²) >= 11 is 0. The quantitative estimate of drug-likeness (QED) is 0.572. The fourth-order valence-corrected chi connectivity index (χ4v) is 0.393. The largest absolute Gasteiger partial charge is 0.147 e. The Morgan fingerprint density at radius 1 is 0.833 bits per heavy atom. The van der Waals surface area contributed by atoms with Crippen LogP contribution in [0.25, 0.3) is 0 Å². The molecule has 12 heavy (non-hydrogen) atoms. The van der Waals surface area contributed by atoms with Crippen molar-refractivity contribution in [3.8, 4) is 0 Å². The molecule has 0 amide bonds. The second-order valence-corrected chi connectivity index (χ2v) is 6.29. The van der Waals surface area contributed by atoms with Crippen molar-refractivity contribution in [1.29, 1.82) is 0 Å². The Bertz CT molecular complexity index is 98.1. The van der Waals surface area contributed by atoms with Gasteiger partial charge >= 0.3 is 0 Å². The van der Waals surface area contributed by atoms with Gasteiger partial charge in [-0.2, -0.15) is 0 Å². The van der Waals surface area contributed by atoms with Gasteiger partial charge in [0.2, 0.25) is 0 Å². The zero-order valence-corrected chi connectivity index (χ0v) is 11.4. The fourth-order valence-electron chi connectivity index (χ4n) is 0.393. The van der Waals surface area contributed by atoms with Crippen LogP contribution >= 0.6 is 37.2 Å². The molecule has 0 atom stereocenters. The van der Waals surface area contributed by atoms with Crippen molar-refractivity contribution in [3.63, 3.8) is 0 Å². The maximum absolute atomic E-state index is 2.31. The highest BCUT2D eigenvalue weighted by Crippen LogP contribution is 1.93. The molecule has 76 valence electrons. The van der Waals surface area contributed by atoms with Gasteiger partial charge in [0.15, 0.2) is 0 Å². The first kappa shape index (κ1) is 22.9. The molecule has 0 saturated heterocycles. The van der Waals surface area contributed by atoms with E-state index >= 15 is 0 Å². The van der Waals surface area contributed by atoms with Crippen LogP contribution in [0.5, 0.6) is 0 Å². The Hall–Kier alpha value is 0.567. The SMILES string of the molecule is C1=CCC=C1.C[SiH](C)C.Cl.Cl.Cl. The Morgan fingerprint density at radius 3 is 1.17 bits per heavy atom. The van der Waals surface area contributed by atoms with Crippen LogP contribution in [-0.4, -0.2) is 8.80 Å². The molecule has 0 saturated carbocycles. The summed E-state index contributed by atoms with van der Waals surface area (Å²) in [5, 5.41) is 0. The molecule has 0 radical (unpaired) electrons. The summed E-state index contributed by atoms with van der Waals surface area (Å²) in [4.78, 5) is 0. The molecule has 0 aromatic carbocycles. The lowest BCUT2D eigenvalue weighted by atomic mass is 10.5. The zero-order chi connectivity index (χ0) is 7.11. The maximum Gasteiger partial charge on any atom is 0.0274 e. The van der Waals surface area contributed by atoms with Crippen molar-refractivity contribution in [1.82, 2.24) is 0 Å². The first-order valence-corrected chi connectivity index (χ1v) is 7.01. The third kappa shape index (κ3) is 31.2. The van der Waals surface area contributed by atoms with E-state index in [0.717, 1.165) is 6.42 Å². The minimum atomic E-state index is -0.139. The summed E-state index contributed by atoms with van der Waals surface area (Å²) in [5.41, 5.74) is 0. The summed E-state index contributed by atoms with van der Waals surface area (Å²) < 4.78 is 0. The van der Waals surface area contributed by atoms with Gasteiger partial charge in [-0.1, -0.05) is 43.9 Å². The highest BCUT2D eigenvalue weighted by molar-refractivity contribution is 6.54. The van der Waals surface area contributed by atoms with Gasteiger partial charge < -0.3 is 0 Å². The molecule has 0 spiro atoms. The van der Waals surface area contributed by atoms with Crippen LogP contribution in [0.15, 0.2) is 24.3 Å². The van der Waals surface area contributed by atoms with Gasteiger partial charge in [0.05, 0.1) is 0 Å². The maximum atomic E-state index is 2.31. The second-order valence-electron chi connectivity index (χ2n) is 2.82. The van der Waals surface area contributed by atoms with Crippen molar-refractivity contribution < 1.29 is 0 Å². The predicted molar refractivity (Wildman–Crippen MR) is 69.4 cm³/mol. The Balaban J connectivity index is -0.0000000436. The van der Waals surface area contributed by atoms with E-state index in [4.69, 9.17) is 0 Å². The fraction of sp³-hybridized carbons (Fsp3) is 0.500. The van der Waals surface area contributed by atoms with E-state index in [1.807, 2.05) is 0 Å². The Morgan fingerprint density at radius 2 is 1.08 bits per heavy atom. The van der Waals surface area contributed by atoms with Crippen LogP contribution in [0, 0.1) is 0 Å². The highest BCUT2D eigenvalue weighted by atomic mass is 35.5. The van der Waals surface area contributed by atoms with Gasteiger partial charge in [0.1, 0.15) is 0 Å². The summed E-state index contributed by atoms with van der Waals surface area (Å²) in [5.74, 6) is 0. The first-order valence-electron chi connectivity index (χ1n) is 3.55. The minimum Gasteiger partial charge on any atom is -0.147 e. The molecule has 0 N–H and O–H groups in total. The van der Waals surface area contributed by atoms with Crippen molar-refractivity contribution in [2.24, 2.45) is 0 Å². The van der Waals surface area contributed by atoms with Crippen molar-refractivity contribution in [3.05, 3.63) is 24.3 Å². The van der Waals surface area contributed by atoms with Gasteiger partial charge in [0, 0.05) is 8.80 Å². The van der Waals surface area contributed by atoms with Crippen LogP contribution in [0.1, 0.15) is 6.42 Å². The van der Waals surface area contributed by atoms with Gasteiger partial charge in [-0.15, -0.1) is 37.2 Å². The summed E-state index contributed by atoms with van der Waals surface area (Å²) in [6.45, 7) is 6.92. The monoisotopic (exact) mass is 248 g/mol. The van der Waals surface area contributed by atoms with Crippen LogP contribution in [-0.2, 0) is 0 Å². The highest BCUT2D eigenvalue weighted by Gasteiger charge is 1.72. The lowest BCUT2D eigenvalue weighted by molar-refractivity contribution is 1.45. The van der Waals surface area contributed by atoms with Gasteiger partial charge in [0.25, 0.3) is 0 Å². The molecule has 0 aliphatic heterocycles. The van der Waals surface area contributed by atoms with Gasteiger partial charge in [-0.3, -0.25) is 0 Å². The van der Waals surface area contributed by atoms with E-state index in [9.17, 15) is 0 Å². The van der Waals surface area contributed by atoms with E-state index in [1.54, 1.807) is 0 Å². The van der Waals surface area contributed by atoms with Gasteiger partial charge in [-0.05, 0) is 6.42 Å². The average molecular weight is 250 g/mol. The molecule has 0 fully saturated rings. The molecule has 1 aliphatic rings. The lowest BCUT2D eigenvalue weighted by Gasteiger charge is -1.75. The summed E-state index contributed by atoms with van der Waals surface area (Å²) in [6, 6.07) is 0. The molecule has 1 rings (SSSR count). The predicted octanol–water partition coefficient (Wildman–Crippen LogP) is 3.87. The number of allylic oxidation sites excluding steroid dienone is 4. The van der Waals surface area contributed by atoms with E-state index in [1.165, 1.54) is 0 Å². The van der Waals surface area contributed by atoms with Crippen molar-refractivity contribution in [2.75, 3.05) is 0 Å². The second kappa shape index (κ2) is 17.6. The number of halogens is 3. The third-order valence-corrected chi connectivity index (χ3v) is 0.655. The molecule has 0 aromatic heterocycles. The number of hydrogen-bond donors (Lipinski definition) is 0. The van der Waals surface area contributed by atoms with Crippen LogP contribution < -0.4 is 0 Å². The van der Waals surface area contributed by atoms with Crippen molar-refractivity contribution >= 4 is 46.0 Å². The summed E-state index contributed by atoms with van der Waals surface area (Å²) in [7, 11) is -0.139. The molecule has 0 bridgehead atoms. The average Bonchev–Trinajstić information content (AvgIpc) is 2.11. The van der Waals surface area contributed by atoms with Crippen LogP contribution in [0.2, 0.25) is 19.6 Å². The number of hydrogen-bond acceptors (Lipinski definition) is 0. The van der Waals surface area contributed by atoms with E-state index in [2.05, 4.69) is 43.9 Å². The molecule has 0 unspecified atom stereocenters. The van der Waals surface area contributed by atoms with Crippen LogP contribution in [0.3, 0.4) is 0 Å². The Kier molecular flexibility index (Phi) is 33.6. The third-order valence-electron chi connectivity index (χ3n) is 0.655. The Labute approximate surface area is 96.4 Å². The minimum absolute atomic E-state index is 0. The first-order chi connectivity index (χ1) is 4.23.